The van der Waals surface area contributed by atoms with Gasteiger partial charge in [-0.1, -0.05) is 6.42 Å². The van der Waals surface area contributed by atoms with Gasteiger partial charge in [-0.25, -0.2) is 0 Å². The Bertz CT molecular complexity index is 578. The van der Waals surface area contributed by atoms with Crippen LogP contribution < -0.4 is 10.6 Å². The molecule has 0 aromatic carbocycles. The Kier molecular flexibility index (Phi) is 10.8. The van der Waals surface area contributed by atoms with Gasteiger partial charge >= 0.3 is 0 Å². The second-order valence-electron chi connectivity index (χ2n) is 8.40. The summed E-state index contributed by atoms with van der Waals surface area (Å²) >= 11 is 0. The normalized spacial score (nSPS) is 21.0. The summed E-state index contributed by atoms with van der Waals surface area (Å²) in [5.41, 5.74) is 0. The number of nitrogens with one attached hydrogen (secondary N) is 2. The van der Waals surface area contributed by atoms with Crippen molar-refractivity contribution in [3.8, 4) is 0 Å². The van der Waals surface area contributed by atoms with Crippen LogP contribution in [-0.2, 0) is 0 Å². The summed E-state index contributed by atoms with van der Waals surface area (Å²) in [6, 6.07) is 5.46. The maximum atomic E-state index is 5.77. The molecule has 3 rings (SSSR count). The van der Waals surface area contributed by atoms with Crippen LogP contribution in [0, 0.1) is 0 Å². The minimum absolute atomic E-state index is 0. The van der Waals surface area contributed by atoms with Gasteiger partial charge in [-0.2, -0.15) is 0 Å². The number of hydrogen-bond acceptors (Lipinski definition) is 4. The SMILES string of the molecule is CCNC(=NCC(c1ccco1)N1CCCCC1)NC1CCN(C(C)C)CC1.I. The summed E-state index contributed by atoms with van der Waals surface area (Å²) in [6.07, 6.45) is 8.01. The summed E-state index contributed by atoms with van der Waals surface area (Å²) in [7, 11) is 0. The van der Waals surface area contributed by atoms with Gasteiger partial charge in [-0.05, 0) is 71.7 Å². The number of aliphatic imine (C=N–C) groups is 1. The van der Waals surface area contributed by atoms with E-state index in [-0.39, 0.29) is 30.0 Å². The number of nitrogens with zero attached hydrogens (tertiary/aromatic N) is 3. The van der Waals surface area contributed by atoms with E-state index in [1.165, 1.54) is 32.1 Å². The van der Waals surface area contributed by atoms with Gasteiger partial charge in [-0.15, -0.1) is 24.0 Å². The first-order chi connectivity index (χ1) is 13.7. The zero-order valence-corrected chi connectivity index (χ0v) is 20.7. The molecular formula is C22H40IN5O. The summed E-state index contributed by atoms with van der Waals surface area (Å²) in [6.45, 7) is 12.9. The zero-order valence-electron chi connectivity index (χ0n) is 18.4. The van der Waals surface area contributed by atoms with Crippen molar-refractivity contribution in [2.45, 2.75) is 71.0 Å². The van der Waals surface area contributed by atoms with Gasteiger partial charge in [0.1, 0.15) is 5.76 Å². The molecule has 2 aliphatic heterocycles. The fourth-order valence-corrected chi connectivity index (χ4v) is 4.35. The second-order valence-corrected chi connectivity index (χ2v) is 8.40. The molecule has 0 spiro atoms. The Morgan fingerprint density at radius 2 is 1.86 bits per heavy atom. The summed E-state index contributed by atoms with van der Waals surface area (Å²) in [5, 5.41) is 7.13. The van der Waals surface area contributed by atoms with E-state index < -0.39 is 0 Å². The highest BCUT2D eigenvalue weighted by molar-refractivity contribution is 14.0. The third-order valence-corrected chi connectivity index (χ3v) is 6.07. The van der Waals surface area contributed by atoms with Crippen LogP contribution in [-0.4, -0.2) is 67.1 Å². The Labute approximate surface area is 193 Å². The summed E-state index contributed by atoms with van der Waals surface area (Å²) in [4.78, 5) is 10.1. The second kappa shape index (κ2) is 12.8. The van der Waals surface area contributed by atoms with Crippen LogP contribution in [0.4, 0.5) is 0 Å². The van der Waals surface area contributed by atoms with E-state index in [0.717, 1.165) is 51.0 Å². The van der Waals surface area contributed by atoms with E-state index in [1.807, 2.05) is 6.07 Å². The van der Waals surface area contributed by atoms with Crippen LogP contribution >= 0.6 is 24.0 Å². The molecule has 0 bridgehead atoms. The number of guanidine groups is 1. The lowest BCUT2D eigenvalue weighted by atomic mass is 10.0. The lowest BCUT2D eigenvalue weighted by molar-refractivity contribution is 0.150. The van der Waals surface area contributed by atoms with Gasteiger partial charge < -0.3 is 20.0 Å². The highest BCUT2D eigenvalue weighted by Crippen LogP contribution is 2.25. The molecule has 2 aliphatic rings. The Balaban J connectivity index is 0.00000300. The van der Waals surface area contributed by atoms with Crippen LogP contribution in [0.25, 0.3) is 0 Å². The number of hydrogen-bond donors (Lipinski definition) is 2. The third kappa shape index (κ3) is 7.43. The number of furan rings is 1. The lowest BCUT2D eigenvalue weighted by Gasteiger charge is -2.35. The predicted molar refractivity (Wildman–Crippen MR) is 131 cm³/mol. The fraction of sp³-hybridized carbons (Fsp3) is 0.773. The topological polar surface area (TPSA) is 56.0 Å². The molecule has 2 N–H and O–H groups in total. The first-order valence-electron chi connectivity index (χ1n) is 11.2. The van der Waals surface area contributed by atoms with Gasteiger partial charge in [0.2, 0.25) is 0 Å². The van der Waals surface area contributed by atoms with Crippen molar-refractivity contribution < 1.29 is 4.42 Å². The Morgan fingerprint density at radius 1 is 1.14 bits per heavy atom. The Hall–Kier alpha value is -0.800. The van der Waals surface area contributed by atoms with Gasteiger partial charge in [-0.3, -0.25) is 9.89 Å². The molecule has 0 saturated carbocycles. The van der Waals surface area contributed by atoms with E-state index in [4.69, 9.17) is 9.41 Å². The van der Waals surface area contributed by atoms with Crippen molar-refractivity contribution in [3.05, 3.63) is 24.2 Å². The average molecular weight is 518 g/mol. The number of rotatable bonds is 7. The van der Waals surface area contributed by atoms with Crippen LogP contribution in [0.5, 0.6) is 0 Å². The standard InChI is InChI=1S/C22H39N5O.HI/c1-4-23-22(25-19-10-14-26(15-11-19)18(2)3)24-17-20(21-9-8-16-28-21)27-12-6-5-7-13-27;/h8-9,16,18-20H,4-7,10-15,17H2,1-3H3,(H2,23,24,25);1H. The Morgan fingerprint density at radius 3 is 2.45 bits per heavy atom. The van der Waals surface area contributed by atoms with E-state index in [0.29, 0.717) is 12.1 Å². The molecule has 2 fully saturated rings. The van der Waals surface area contributed by atoms with Crippen molar-refractivity contribution in [1.29, 1.82) is 0 Å². The predicted octanol–water partition coefficient (Wildman–Crippen LogP) is 3.85. The van der Waals surface area contributed by atoms with E-state index in [9.17, 15) is 0 Å². The van der Waals surface area contributed by atoms with Crippen LogP contribution in [0.2, 0.25) is 0 Å². The van der Waals surface area contributed by atoms with Crippen molar-refractivity contribution in [2.75, 3.05) is 39.3 Å². The van der Waals surface area contributed by atoms with Crippen molar-refractivity contribution >= 4 is 29.9 Å². The monoisotopic (exact) mass is 517 g/mol. The molecule has 0 amide bonds. The molecule has 6 nitrogen and oxygen atoms in total. The summed E-state index contributed by atoms with van der Waals surface area (Å²) in [5.74, 6) is 1.98. The van der Waals surface area contributed by atoms with Gasteiger partial charge in [0.25, 0.3) is 0 Å². The number of likely N-dealkylation sites (tertiary alicyclic amines) is 2. The van der Waals surface area contributed by atoms with E-state index in [2.05, 4.69) is 47.3 Å². The lowest BCUT2D eigenvalue weighted by Crippen LogP contribution is -2.50. The summed E-state index contributed by atoms with van der Waals surface area (Å²) < 4.78 is 5.77. The maximum absolute atomic E-state index is 5.77. The third-order valence-electron chi connectivity index (χ3n) is 6.07. The van der Waals surface area contributed by atoms with Crippen LogP contribution in [0.3, 0.4) is 0 Å². The van der Waals surface area contributed by atoms with E-state index >= 15 is 0 Å². The molecule has 2 saturated heterocycles. The molecule has 0 radical (unpaired) electrons. The molecule has 166 valence electrons. The van der Waals surface area contributed by atoms with Gasteiger partial charge in [0.15, 0.2) is 5.96 Å². The maximum Gasteiger partial charge on any atom is 0.191 e. The number of piperidine rings is 2. The smallest absolute Gasteiger partial charge is 0.191 e. The zero-order chi connectivity index (χ0) is 19.8. The molecule has 0 aliphatic carbocycles. The largest absolute Gasteiger partial charge is 0.468 e. The van der Waals surface area contributed by atoms with Crippen LogP contribution in [0.1, 0.15) is 64.7 Å². The first-order valence-corrected chi connectivity index (χ1v) is 11.2. The van der Waals surface area contributed by atoms with Crippen molar-refractivity contribution in [3.63, 3.8) is 0 Å². The average Bonchev–Trinajstić information content (AvgIpc) is 3.24. The fourth-order valence-electron chi connectivity index (χ4n) is 4.35. The molecular weight excluding hydrogens is 477 g/mol. The molecule has 1 atom stereocenters. The highest BCUT2D eigenvalue weighted by Gasteiger charge is 2.25. The van der Waals surface area contributed by atoms with Crippen molar-refractivity contribution in [1.82, 2.24) is 20.4 Å². The minimum Gasteiger partial charge on any atom is -0.468 e. The number of halogens is 1. The molecule has 1 aromatic rings. The molecule has 1 unspecified atom stereocenters. The van der Waals surface area contributed by atoms with Crippen LogP contribution in [0.15, 0.2) is 27.8 Å². The van der Waals surface area contributed by atoms with E-state index in [1.54, 1.807) is 6.26 Å². The first kappa shape index (κ1) is 24.5. The molecule has 3 heterocycles. The van der Waals surface area contributed by atoms with Crippen molar-refractivity contribution in [2.24, 2.45) is 4.99 Å². The minimum atomic E-state index is 0. The highest BCUT2D eigenvalue weighted by atomic mass is 127. The molecule has 29 heavy (non-hydrogen) atoms. The quantitative estimate of drug-likeness (QED) is 0.327. The molecule has 7 heteroatoms. The molecule has 1 aromatic heterocycles. The van der Waals surface area contributed by atoms with Gasteiger partial charge in [0, 0.05) is 31.7 Å². The van der Waals surface area contributed by atoms with Gasteiger partial charge in [0.05, 0.1) is 18.8 Å².